The standard InChI is InChI=1S/C15H9BrFNOS/c16-10-6-5-9(7-11(10)17)13(19)8-15-18-12-3-1-2-4-14(12)20-15/h1-7H,8H2. The molecule has 2 aromatic carbocycles. The van der Waals surface area contributed by atoms with Crippen LogP contribution >= 0.6 is 27.3 Å². The first kappa shape index (κ1) is 13.4. The van der Waals surface area contributed by atoms with E-state index in [1.807, 2.05) is 24.3 Å². The van der Waals surface area contributed by atoms with Crippen molar-refractivity contribution in [3.05, 3.63) is 63.3 Å². The quantitative estimate of drug-likeness (QED) is 0.645. The van der Waals surface area contributed by atoms with Crippen LogP contribution in [-0.2, 0) is 6.42 Å². The Bertz CT molecular complexity index is 766. The van der Waals surface area contributed by atoms with E-state index in [1.54, 1.807) is 12.1 Å². The van der Waals surface area contributed by atoms with Crippen molar-refractivity contribution < 1.29 is 9.18 Å². The maximum Gasteiger partial charge on any atom is 0.169 e. The second-order valence-electron chi connectivity index (χ2n) is 4.30. The molecule has 0 saturated carbocycles. The van der Waals surface area contributed by atoms with E-state index in [9.17, 15) is 9.18 Å². The first-order chi connectivity index (χ1) is 9.63. The van der Waals surface area contributed by atoms with Crippen LogP contribution in [0.4, 0.5) is 4.39 Å². The number of fused-ring (bicyclic) bond motifs is 1. The third-order valence-electron chi connectivity index (χ3n) is 2.89. The molecule has 0 aliphatic carbocycles. The lowest BCUT2D eigenvalue weighted by molar-refractivity contribution is 0.0992. The smallest absolute Gasteiger partial charge is 0.169 e. The van der Waals surface area contributed by atoms with Gasteiger partial charge in [-0.05, 0) is 40.2 Å². The Morgan fingerprint density at radius 3 is 2.80 bits per heavy atom. The van der Waals surface area contributed by atoms with Crippen molar-refractivity contribution in [1.29, 1.82) is 0 Å². The molecule has 3 aromatic rings. The van der Waals surface area contributed by atoms with Crippen LogP contribution in [-0.4, -0.2) is 10.8 Å². The predicted molar refractivity (Wildman–Crippen MR) is 81.8 cm³/mol. The largest absolute Gasteiger partial charge is 0.294 e. The van der Waals surface area contributed by atoms with Gasteiger partial charge < -0.3 is 0 Å². The van der Waals surface area contributed by atoms with Crippen molar-refractivity contribution in [1.82, 2.24) is 4.98 Å². The van der Waals surface area contributed by atoms with Gasteiger partial charge in [0, 0.05) is 5.56 Å². The maximum atomic E-state index is 13.4. The summed E-state index contributed by atoms with van der Waals surface area (Å²) in [5.74, 6) is -0.560. The summed E-state index contributed by atoms with van der Waals surface area (Å²) in [6, 6.07) is 12.1. The topological polar surface area (TPSA) is 30.0 Å². The molecular formula is C15H9BrFNOS. The van der Waals surface area contributed by atoms with Crippen molar-refractivity contribution in [2.24, 2.45) is 0 Å². The average molecular weight is 350 g/mol. The average Bonchev–Trinajstić information content (AvgIpc) is 2.83. The van der Waals surface area contributed by atoms with E-state index in [0.717, 1.165) is 15.2 Å². The summed E-state index contributed by atoms with van der Waals surface area (Å²) in [5, 5.41) is 0.750. The van der Waals surface area contributed by atoms with Crippen LogP contribution in [0.3, 0.4) is 0 Å². The van der Waals surface area contributed by atoms with Gasteiger partial charge in [0.05, 0.1) is 21.1 Å². The number of carbonyl (C=O) groups is 1. The molecule has 0 fully saturated rings. The van der Waals surface area contributed by atoms with Gasteiger partial charge in [-0.1, -0.05) is 18.2 Å². The molecule has 5 heteroatoms. The lowest BCUT2D eigenvalue weighted by Gasteiger charge is -2.00. The molecule has 0 aliphatic rings. The SMILES string of the molecule is O=C(Cc1nc2ccccc2s1)c1ccc(Br)c(F)c1. The predicted octanol–water partition coefficient (Wildman–Crippen LogP) is 4.62. The van der Waals surface area contributed by atoms with Crippen LogP contribution in [0.15, 0.2) is 46.9 Å². The summed E-state index contributed by atoms with van der Waals surface area (Å²) in [6.07, 6.45) is 0.195. The molecule has 20 heavy (non-hydrogen) atoms. The minimum atomic E-state index is -0.430. The van der Waals surface area contributed by atoms with E-state index in [4.69, 9.17) is 0 Å². The minimum absolute atomic E-state index is 0.129. The number of para-hydroxylation sites is 1. The number of benzene rings is 2. The molecule has 0 aliphatic heterocycles. The summed E-state index contributed by atoms with van der Waals surface area (Å²) in [6.45, 7) is 0. The number of aromatic nitrogens is 1. The van der Waals surface area contributed by atoms with E-state index in [2.05, 4.69) is 20.9 Å². The molecule has 0 saturated heterocycles. The highest BCUT2D eigenvalue weighted by Gasteiger charge is 2.12. The number of hydrogen-bond donors (Lipinski definition) is 0. The second-order valence-corrected chi connectivity index (χ2v) is 6.27. The Balaban J connectivity index is 1.86. The second kappa shape index (κ2) is 5.42. The Morgan fingerprint density at radius 2 is 2.05 bits per heavy atom. The van der Waals surface area contributed by atoms with Crippen molar-refractivity contribution in [2.45, 2.75) is 6.42 Å². The van der Waals surface area contributed by atoms with E-state index < -0.39 is 5.82 Å². The first-order valence-corrected chi connectivity index (χ1v) is 7.57. The Labute approximate surface area is 127 Å². The Hall–Kier alpha value is -1.59. The normalized spacial score (nSPS) is 10.9. The van der Waals surface area contributed by atoms with Gasteiger partial charge in [-0.2, -0.15) is 0 Å². The molecule has 0 atom stereocenters. The highest BCUT2D eigenvalue weighted by molar-refractivity contribution is 9.10. The molecule has 1 aromatic heterocycles. The van der Waals surface area contributed by atoms with Gasteiger partial charge >= 0.3 is 0 Å². The van der Waals surface area contributed by atoms with E-state index in [-0.39, 0.29) is 12.2 Å². The zero-order valence-electron chi connectivity index (χ0n) is 10.3. The first-order valence-electron chi connectivity index (χ1n) is 5.96. The summed E-state index contributed by atoms with van der Waals surface area (Å²) in [7, 11) is 0. The molecule has 0 N–H and O–H groups in total. The van der Waals surface area contributed by atoms with Gasteiger partial charge in [-0.25, -0.2) is 9.37 Å². The van der Waals surface area contributed by atoms with E-state index in [1.165, 1.54) is 17.4 Å². The number of rotatable bonds is 3. The van der Waals surface area contributed by atoms with Crippen LogP contribution in [0.25, 0.3) is 10.2 Å². The molecule has 2 nitrogen and oxygen atoms in total. The number of ketones is 1. The third kappa shape index (κ3) is 2.64. The van der Waals surface area contributed by atoms with Crippen LogP contribution in [0, 0.1) is 5.82 Å². The number of thiazole rings is 1. The number of halogens is 2. The van der Waals surface area contributed by atoms with Gasteiger partial charge in [-0.15, -0.1) is 11.3 Å². The molecule has 1 heterocycles. The number of nitrogens with zero attached hydrogens (tertiary/aromatic N) is 1. The van der Waals surface area contributed by atoms with Crippen molar-refractivity contribution >= 4 is 43.3 Å². The van der Waals surface area contributed by atoms with Crippen molar-refractivity contribution in [3.8, 4) is 0 Å². The zero-order valence-corrected chi connectivity index (χ0v) is 12.7. The van der Waals surface area contributed by atoms with Crippen molar-refractivity contribution in [3.63, 3.8) is 0 Å². The fourth-order valence-corrected chi connectivity index (χ4v) is 3.12. The Morgan fingerprint density at radius 1 is 1.25 bits per heavy atom. The van der Waals surface area contributed by atoms with Crippen LogP contribution in [0.1, 0.15) is 15.4 Å². The monoisotopic (exact) mass is 349 g/mol. The summed E-state index contributed by atoms with van der Waals surface area (Å²) in [5.41, 5.74) is 1.26. The Kier molecular flexibility index (Phi) is 3.63. The lowest BCUT2D eigenvalue weighted by atomic mass is 10.1. The number of Topliss-reactive ketones (excluding diaryl/α,β-unsaturated/α-hetero) is 1. The highest BCUT2D eigenvalue weighted by Crippen LogP contribution is 2.23. The lowest BCUT2D eigenvalue weighted by Crippen LogP contribution is -2.03. The van der Waals surface area contributed by atoms with Gasteiger partial charge in [-0.3, -0.25) is 4.79 Å². The minimum Gasteiger partial charge on any atom is -0.294 e. The zero-order chi connectivity index (χ0) is 14.1. The van der Waals surface area contributed by atoms with Gasteiger partial charge in [0.15, 0.2) is 5.78 Å². The van der Waals surface area contributed by atoms with Crippen LogP contribution in [0.2, 0.25) is 0 Å². The van der Waals surface area contributed by atoms with E-state index >= 15 is 0 Å². The molecule has 3 rings (SSSR count). The third-order valence-corrected chi connectivity index (χ3v) is 4.57. The fraction of sp³-hybridized carbons (Fsp3) is 0.0667. The highest BCUT2D eigenvalue weighted by atomic mass is 79.9. The molecule has 0 unspecified atom stereocenters. The molecule has 0 bridgehead atoms. The molecule has 0 radical (unpaired) electrons. The number of carbonyl (C=O) groups excluding carboxylic acids is 1. The summed E-state index contributed by atoms with van der Waals surface area (Å²) < 4.78 is 14.8. The molecule has 100 valence electrons. The molecule has 0 spiro atoms. The van der Waals surface area contributed by atoms with Crippen LogP contribution in [0.5, 0.6) is 0 Å². The fourth-order valence-electron chi connectivity index (χ4n) is 1.90. The summed E-state index contributed by atoms with van der Waals surface area (Å²) in [4.78, 5) is 16.6. The summed E-state index contributed by atoms with van der Waals surface area (Å²) >= 11 is 4.56. The van der Waals surface area contributed by atoms with E-state index in [0.29, 0.717) is 10.0 Å². The van der Waals surface area contributed by atoms with Gasteiger partial charge in [0.25, 0.3) is 0 Å². The van der Waals surface area contributed by atoms with Crippen molar-refractivity contribution in [2.75, 3.05) is 0 Å². The maximum absolute atomic E-state index is 13.4. The van der Waals surface area contributed by atoms with Gasteiger partial charge in [0.1, 0.15) is 10.8 Å². The molecule has 0 amide bonds. The molecular weight excluding hydrogens is 341 g/mol. The number of hydrogen-bond acceptors (Lipinski definition) is 3. The van der Waals surface area contributed by atoms with Crippen LogP contribution < -0.4 is 0 Å². The van der Waals surface area contributed by atoms with Gasteiger partial charge in [0.2, 0.25) is 0 Å².